The molecule has 22 heavy (non-hydrogen) atoms. The van der Waals surface area contributed by atoms with E-state index in [2.05, 4.69) is 31.3 Å². The van der Waals surface area contributed by atoms with E-state index in [9.17, 15) is 0 Å². The number of piperidine rings is 1. The maximum Gasteiger partial charge on any atom is 0.219 e. The fraction of sp³-hybridized carbons (Fsp3) is 0.667. The van der Waals surface area contributed by atoms with Crippen LogP contribution in [0.3, 0.4) is 0 Å². The summed E-state index contributed by atoms with van der Waals surface area (Å²) in [5.74, 6) is 0.921. The van der Waals surface area contributed by atoms with E-state index in [1.165, 1.54) is 31.2 Å². The topological polar surface area (TPSA) is 27.3 Å². The third-order valence-corrected chi connectivity index (χ3v) is 6.24. The monoisotopic (exact) mass is 304 g/mol. The van der Waals surface area contributed by atoms with Crippen molar-refractivity contribution >= 4 is 0 Å². The maximum absolute atomic E-state index is 6.11. The molecule has 1 aromatic rings. The maximum atomic E-state index is 6.11. The van der Waals surface area contributed by atoms with Gasteiger partial charge in [-0.3, -0.25) is 0 Å². The zero-order valence-corrected chi connectivity index (χ0v) is 13.7. The van der Waals surface area contributed by atoms with Gasteiger partial charge in [0.2, 0.25) is 6.23 Å². The van der Waals surface area contributed by atoms with E-state index in [4.69, 9.17) is 9.47 Å². The van der Waals surface area contributed by atoms with Crippen molar-refractivity contribution in [1.29, 1.82) is 0 Å². The van der Waals surface area contributed by atoms with Gasteiger partial charge in [-0.1, -0.05) is 0 Å². The number of nitrogens with one attached hydrogen (secondary N) is 2. The Balaban J connectivity index is 1.51. The Morgan fingerprint density at radius 1 is 1.05 bits per heavy atom. The molecule has 120 valence electrons. The van der Waals surface area contributed by atoms with Gasteiger partial charge < -0.3 is 19.3 Å². The minimum atomic E-state index is 0.216. The lowest BCUT2D eigenvalue weighted by atomic mass is 9.96. The lowest BCUT2D eigenvalue weighted by molar-refractivity contribution is -0.984. The highest BCUT2D eigenvalue weighted by molar-refractivity contribution is 5.27. The fourth-order valence-corrected chi connectivity index (χ4v) is 4.92. The summed E-state index contributed by atoms with van der Waals surface area (Å²) in [6.45, 7) is 2.04. The Kier molecular flexibility index (Phi) is 3.84. The highest BCUT2D eigenvalue weighted by Crippen LogP contribution is 2.24. The molecule has 4 nitrogen and oxygen atoms in total. The Bertz CT molecular complexity index is 504. The quantitative estimate of drug-likeness (QED) is 0.810. The Labute approximate surface area is 133 Å². The molecule has 0 amide bonds. The second kappa shape index (κ2) is 5.84. The van der Waals surface area contributed by atoms with Crippen LogP contribution in [-0.2, 0) is 4.74 Å². The minimum absolute atomic E-state index is 0.216. The van der Waals surface area contributed by atoms with Crippen molar-refractivity contribution in [3.8, 4) is 5.75 Å². The lowest BCUT2D eigenvalue weighted by Crippen LogP contribution is -3.21. The second-order valence-corrected chi connectivity index (χ2v) is 7.23. The highest BCUT2D eigenvalue weighted by atomic mass is 16.5. The van der Waals surface area contributed by atoms with Gasteiger partial charge in [0.25, 0.3) is 0 Å². The molecular weight excluding hydrogens is 276 g/mol. The number of quaternary nitrogens is 2. The van der Waals surface area contributed by atoms with E-state index in [1.54, 1.807) is 16.9 Å². The van der Waals surface area contributed by atoms with Crippen LogP contribution in [0.25, 0.3) is 0 Å². The van der Waals surface area contributed by atoms with Gasteiger partial charge in [0.05, 0.1) is 39.1 Å². The summed E-state index contributed by atoms with van der Waals surface area (Å²) in [5, 5.41) is 0. The van der Waals surface area contributed by atoms with Crippen LogP contribution in [0, 0.1) is 0 Å². The molecule has 2 bridgehead atoms. The van der Waals surface area contributed by atoms with E-state index in [1.807, 2.05) is 0 Å². The molecule has 3 aliphatic rings. The van der Waals surface area contributed by atoms with E-state index in [-0.39, 0.29) is 6.23 Å². The predicted molar refractivity (Wildman–Crippen MR) is 84.2 cm³/mol. The lowest BCUT2D eigenvalue weighted by Gasteiger charge is -2.37. The van der Waals surface area contributed by atoms with Crippen molar-refractivity contribution in [3.05, 3.63) is 29.8 Å². The first kappa shape index (κ1) is 14.5. The van der Waals surface area contributed by atoms with Gasteiger partial charge in [0.1, 0.15) is 24.9 Å². The van der Waals surface area contributed by atoms with Gasteiger partial charge >= 0.3 is 0 Å². The first-order valence-corrected chi connectivity index (χ1v) is 8.70. The van der Waals surface area contributed by atoms with Crippen LogP contribution in [0.2, 0.25) is 0 Å². The molecule has 4 atom stereocenters. The van der Waals surface area contributed by atoms with E-state index in [0.29, 0.717) is 0 Å². The zero-order valence-electron chi connectivity index (χ0n) is 13.7. The summed E-state index contributed by atoms with van der Waals surface area (Å²) in [6, 6.07) is 11.0. The Hall–Kier alpha value is -1.10. The molecule has 4 heteroatoms. The summed E-state index contributed by atoms with van der Waals surface area (Å²) in [4.78, 5) is 3.45. The van der Waals surface area contributed by atoms with Crippen molar-refractivity contribution in [2.45, 2.75) is 50.0 Å². The van der Waals surface area contributed by atoms with Gasteiger partial charge in [0, 0.05) is 18.4 Å². The van der Waals surface area contributed by atoms with Crippen LogP contribution >= 0.6 is 0 Å². The number of hydrogen-bond donors (Lipinski definition) is 2. The minimum Gasteiger partial charge on any atom is -0.497 e. The summed E-state index contributed by atoms with van der Waals surface area (Å²) in [7, 11) is 4.12. The molecule has 3 aliphatic heterocycles. The fourth-order valence-electron chi connectivity index (χ4n) is 4.92. The predicted octanol–water partition coefficient (Wildman–Crippen LogP) is -0.183. The number of rotatable bonds is 3. The summed E-state index contributed by atoms with van der Waals surface area (Å²) in [5.41, 5.74) is 1.30. The molecule has 0 spiro atoms. The molecule has 3 heterocycles. The molecule has 4 rings (SSSR count). The average Bonchev–Trinajstić information content (AvgIpc) is 3.09. The molecule has 0 aliphatic carbocycles. The van der Waals surface area contributed by atoms with Crippen LogP contribution in [0.4, 0.5) is 0 Å². The molecule has 4 unspecified atom stereocenters. The molecule has 3 fully saturated rings. The number of benzene rings is 1. The first-order valence-electron chi connectivity index (χ1n) is 8.70. The van der Waals surface area contributed by atoms with Crippen LogP contribution in [-0.4, -0.2) is 45.4 Å². The number of fused-ring (bicyclic) bond motifs is 2. The van der Waals surface area contributed by atoms with Gasteiger partial charge in [0.15, 0.2) is 0 Å². The van der Waals surface area contributed by atoms with Crippen LogP contribution < -0.4 is 14.5 Å². The van der Waals surface area contributed by atoms with Gasteiger partial charge in [-0.05, 0) is 24.3 Å². The summed E-state index contributed by atoms with van der Waals surface area (Å²) >= 11 is 0. The molecule has 1 aromatic carbocycles. The standard InChI is InChI=1S/C18H26N2O2/c1-19-14-5-6-15(19)12-16(11-14)20-9-10-22-18(20)13-3-7-17(21-2)8-4-13/h3-4,7-8,14-16,18H,5-6,9-12H2,1-2H3/p+2. The second-order valence-electron chi connectivity index (χ2n) is 7.23. The van der Waals surface area contributed by atoms with E-state index >= 15 is 0 Å². The number of hydrogen-bond acceptors (Lipinski definition) is 2. The van der Waals surface area contributed by atoms with Crippen molar-refractivity contribution in [1.82, 2.24) is 0 Å². The normalized spacial score (nSPS) is 40.8. The number of methoxy groups -OCH3 is 1. The summed E-state index contributed by atoms with van der Waals surface area (Å²) < 4.78 is 11.4. The third kappa shape index (κ3) is 2.43. The van der Waals surface area contributed by atoms with Crippen molar-refractivity contribution in [3.63, 3.8) is 0 Å². The highest BCUT2D eigenvalue weighted by Gasteiger charge is 2.48. The van der Waals surface area contributed by atoms with E-state index in [0.717, 1.165) is 37.0 Å². The van der Waals surface area contributed by atoms with Crippen molar-refractivity contribution in [2.24, 2.45) is 0 Å². The van der Waals surface area contributed by atoms with Gasteiger partial charge in [-0.25, -0.2) is 0 Å². The smallest absolute Gasteiger partial charge is 0.219 e. The van der Waals surface area contributed by atoms with Crippen LogP contribution in [0.5, 0.6) is 5.75 Å². The van der Waals surface area contributed by atoms with Crippen LogP contribution in [0.15, 0.2) is 24.3 Å². The Morgan fingerprint density at radius 3 is 2.36 bits per heavy atom. The molecule has 2 N–H and O–H groups in total. The van der Waals surface area contributed by atoms with Crippen LogP contribution in [0.1, 0.15) is 37.5 Å². The SMILES string of the molecule is COc1ccc(C2OCC[NH+]2C2CC3CCC(C2)[NH+]3C)cc1. The Morgan fingerprint density at radius 2 is 1.73 bits per heavy atom. The molecule has 0 saturated carbocycles. The third-order valence-electron chi connectivity index (χ3n) is 6.24. The summed E-state index contributed by atoms with van der Waals surface area (Å²) in [6.07, 6.45) is 5.80. The average molecular weight is 304 g/mol. The van der Waals surface area contributed by atoms with E-state index < -0.39 is 0 Å². The van der Waals surface area contributed by atoms with Crippen molar-refractivity contribution in [2.75, 3.05) is 27.3 Å². The zero-order chi connectivity index (χ0) is 15.1. The van der Waals surface area contributed by atoms with Crippen molar-refractivity contribution < 1.29 is 19.3 Å². The first-order chi connectivity index (χ1) is 10.8. The molecular formula is C18H28N2O2+2. The largest absolute Gasteiger partial charge is 0.497 e. The molecule has 3 saturated heterocycles. The van der Waals surface area contributed by atoms with Gasteiger partial charge in [-0.2, -0.15) is 0 Å². The molecule has 0 aromatic heterocycles. The number of ether oxygens (including phenoxy) is 2. The van der Waals surface area contributed by atoms with Gasteiger partial charge in [-0.15, -0.1) is 0 Å². The molecule has 0 radical (unpaired) electrons.